The molecule has 0 bridgehead atoms. The lowest BCUT2D eigenvalue weighted by Crippen LogP contribution is -2.26. The van der Waals surface area contributed by atoms with Crippen LogP contribution >= 0.6 is 11.6 Å². The maximum Gasteiger partial charge on any atom is 0.129 e. The summed E-state index contributed by atoms with van der Waals surface area (Å²) in [6, 6.07) is 4.24. The van der Waals surface area contributed by atoms with E-state index in [1.165, 1.54) is 5.56 Å². The maximum atomic E-state index is 5.86. The van der Waals surface area contributed by atoms with Gasteiger partial charge in [-0.25, -0.2) is 4.98 Å². The van der Waals surface area contributed by atoms with Gasteiger partial charge in [-0.2, -0.15) is 0 Å². The summed E-state index contributed by atoms with van der Waals surface area (Å²) in [6.45, 7) is 9.95. The first-order valence-corrected chi connectivity index (χ1v) is 6.23. The molecule has 0 fully saturated rings. The van der Waals surface area contributed by atoms with Crippen LogP contribution in [0.4, 0.5) is 0 Å². The molecule has 0 amide bonds. The van der Waals surface area contributed by atoms with Gasteiger partial charge in [-0.05, 0) is 43.0 Å². The van der Waals surface area contributed by atoms with Gasteiger partial charge in [0, 0.05) is 12.2 Å². The zero-order chi connectivity index (χ0) is 12.1. The van der Waals surface area contributed by atoms with Crippen LogP contribution in [-0.4, -0.2) is 11.5 Å². The molecule has 1 aromatic rings. The molecule has 1 N–H and O–H groups in total. The molecule has 0 radical (unpaired) electrons. The van der Waals surface area contributed by atoms with Gasteiger partial charge >= 0.3 is 0 Å². The number of nitrogens with one attached hydrogen (secondary N) is 1. The minimum Gasteiger partial charge on any atom is -0.310 e. The predicted molar refractivity (Wildman–Crippen MR) is 69.7 cm³/mol. The Morgan fingerprint density at radius 1 is 1.31 bits per heavy atom. The molecule has 2 unspecified atom stereocenters. The van der Waals surface area contributed by atoms with Gasteiger partial charge in [0.1, 0.15) is 5.15 Å². The summed E-state index contributed by atoms with van der Waals surface area (Å²) in [4.78, 5) is 3.98. The first kappa shape index (κ1) is 13.5. The van der Waals surface area contributed by atoms with Crippen LogP contribution in [0.2, 0.25) is 5.15 Å². The van der Waals surface area contributed by atoms with Crippen molar-refractivity contribution in [3.05, 3.63) is 29.0 Å². The zero-order valence-electron chi connectivity index (χ0n) is 10.5. The normalized spacial score (nSPS) is 15.1. The highest BCUT2D eigenvalue weighted by Gasteiger charge is 2.10. The molecule has 16 heavy (non-hydrogen) atoms. The van der Waals surface area contributed by atoms with Crippen LogP contribution < -0.4 is 5.32 Å². The fourth-order valence-electron chi connectivity index (χ4n) is 1.40. The number of aromatic nitrogens is 1. The van der Waals surface area contributed by atoms with E-state index in [2.05, 4.69) is 38.0 Å². The molecular formula is C13H21ClN2. The molecule has 2 nitrogen and oxygen atoms in total. The van der Waals surface area contributed by atoms with Crippen LogP contribution in [0.5, 0.6) is 0 Å². The van der Waals surface area contributed by atoms with E-state index in [1.807, 2.05) is 12.1 Å². The number of rotatable bonds is 5. The van der Waals surface area contributed by atoms with Crippen molar-refractivity contribution in [1.82, 2.24) is 10.3 Å². The van der Waals surface area contributed by atoms with E-state index in [0.717, 1.165) is 6.54 Å². The van der Waals surface area contributed by atoms with Crippen molar-refractivity contribution >= 4 is 11.6 Å². The first-order valence-electron chi connectivity index (χ1n) is 5.85. The SMILES string of the molecule is CC(NCC(C)C(C)C)c1ccnc(Cl)c1. The summed E-state index contributed by atoms with van der Waals surface area (Å²) in [6.07, 6.45) is 1.75. The second-order valence-corrected chi connectivity index (χ2v) is 5.15. The molecule has 1 aromatic heterocycles. The van der Waals surface area contributed by atoms with E-state index in [-0.39, 0.29) is 0 Å². The molecule has 0 aromatic carbocycles. The smallest absolute Gasteiger partial charge is 0.129 e. The van der Waals surface area contributed by atoms with Crippen LogP contribution in [0.15, 0.2) is 18.3 Å². The van der Waals surface area contributed by atoms with Crippen molar-refractivity contribution in [2.75, 3.05) is 6.54 Å². The molecule has 1 rings (SSSR count). The fraction of sp³-hybridized carbons (Fsp3) is 0.615. The molecule has 0 spiro atoms. The lowest BCUT2D eigenvalue weighted by molar-refractivity contribution is 0.375. The van der Waals surface area contributed by atoms with Gasteiger partial charge in [0.2, 0.25) is 0 Å². The number of pyridine rings is 1. The maximum absolute atomic E-state index is 5.86. The van der Waals surface area contributed by atoms with Gasteiger partial charge in [-0.1, -0.05) is 32.4 Å². The largest absolute Gasteiger partial charge is 0.310 e. The Bertz CT molecular complexity index is 325. The number of hydrogen-bond acceptors (Lipinski definition) is 2. The summed E-state index contributed by atoms with van der Waals surface area (Å²) in [5.74, 6) is 1.39. The Morgan fingerprint density at radius 2 is 2.00 bits per heavy atom. The minimum atomic E-state index is 0.321. The second-order valence-electron chi connectivity index (χ2n) is 4.76. The van der Waals surface area contributed by atoms with E-state index < -0.39 is 0 Å². The molecule has 3 heteroatoms. The van der Waals surface area contributed by atoms with Crippen molar-refractivity contribution in [2.24, 2.45) is 11.8 Å². The van der Waals surface area contributed by atoms with Crippen molar-refractivity contribution < 1.29 is 0 Å². The van der Waals surface area contributed by atoms with Crippen LogP contribution in [0.25, 0.3) is 0 Å². The highest BCUT2D eigenvalue weighted by molar-refractivity contribution is 6.29. The van der Waals surface area contributed by atoms with Gasteiger partial charge in [-0.15, -0.1) is 0 Å². The second kappa shape index (κ2) is 6.21. The Kier molecular flexibility index (Phi) is 5.23. The van der Waals surface area contributed by atoms with Crippen LogP contribution in [0.1, 0.15) is 39.3 Å². The zero-order valence-corrected chi connectivity index (χ0v) is 11.3. The average Bonchev–Trinajstić information content (AvgIpc) is 2.25. The summed E-state index contributed by atoms with van der Waals surface area (Å²) < 4.78 is 0. The Balaban J connectivity index is 2.49. The van der Waals surface area contributed by atoms with Crippen molar-refractivity contribution in [3.8, 4) is 0 Å². The third-order valence-corrected chi connectivity index (χ3v) is 3.34. The van der Waals surface area contributed by atoms with Crippen LogP contribution in [0, 0.1) is 11.8 Å². The number of hydrogen-bond donors (Lipinski definition) is 1. The standard InChI is InChI=1S/C13H21ClN2/c1-9(2)10(3)8-16-11(4)12-5-6-15-13(14)7-12/h5-7,9-11,16H,8H2,1-4H3. The Morgan fingerprint density at radius 3 is 2.56 bits per heavy atom. The van der Waals surface area contributed by atoms with Gasteiger partial charge in [0.05, 0.1) is 0 Å². The molecule has 0 aliphatic rings. The van der Waals surface area contributed by atoms with E-state index >= 15 is 0 Å². The first-order chi connectivity index (χ1) is 7.50. The van der Waals surface area contributed by atoms with E-state index in [9.17, 15) is 0 Å². The third-order valence-electron chi connectivity index (χ3n) is 3.13. The van der Waals surface area contributed by atoms with Crippen molar-refractivity contribution in [1.29, 1.82) is 0 Å². The van der Waals surface area contributed by atoms with E-state index in [1.54, 1.807) is 6.20 Å². The van der Waals surface area contributed by atoms with E-state index in [0.29, 0.717) is 23.0 Å². The molecule has 0 aliphatic carbocycles. The monoisotopic (exact) mass is 240 g/mol. The molecule has 0 aliphatic heterocycles. The molecular weight excluding hydrogens is 220 g/mol. The molecule has 0 saturated carbocycles. The molecule has 1 heterocycles. The van der Waals surface area contributed by atoms with Gasteiger partial charge in [-0.3, -0.25) is 0 Å². The lowest BCUT2D eigenvalue weighted by Gasteiger charge is -2.20. The molecule has 0 saturated heterocycles. The summed E-state index contributed by atoms with van der Waals surface area (Å²) >= 11 is 5.86. The fourth-order valence-corrected chi connectivity index (χ4v) is 1.59. The quantitative estimate of drug-likeness (QED) is 0.795. The van der Waals surface area contributed by atoms with Gasteiger partial charge in [0.25, 0.3) is 0 Å². The summed E-state index contributed by atoms with van der Waals surface area (Å²) in [5.41, 5.74) is 1.19. The van der Waals surface area contributed by atoms with Crippen molar-refractivity contribution in [2.45, 2.75) is 33.7 Å². The van der Waals surface area contributed by atoms with E-state index in [4.69, 9.17) is 11.6 Å². The lowest BCUT2D eigenvalue weighted by atomic mass is 9.97. The number of halogens is 1. The predicted octanol–water partition coefficient (Wildman–Crippen LogP) is 3.68. The Hall–Kier alpha value is -0.600. The highest BCUT2D eigenvalue weighted by atomic mass is 35.5. The minimum absolute atomic E-state index is 0.321. The van der Waals surface area contributed by atoms with Gasteiger partial charge in [0.15, 0.2) is 0 Å². The third kappa shape index (κ3) is 4.11. The van der Waals surface area contributed by atoms with Crippen LogP contribution in [0.3, 0.4) is 0 Å². The highest BCUT2D eigenvalue weighted by Crippen LogP contribution is 2.16. The summed E-state index contributed by atoms with van der Waals surface area (Å²) in [5, 5.41) is 4.08. The average molecular weight is 241 g/mol. The van der Waals surface area contributed by atoms with Crippen molar-refractivity contribution in [3.63, 3.8) is 0 Å². The van der Waals surface area contributed by atoms with Crippen LogP contribution in [-0.2, 0) is 0 Å². The topological polar surface area (TPSA) is 24.9 Å². The Labute approximate surface area is 103 Å². The molecule has 90 valence electrons. The molecule has 2 atom stereocenters. The number of nitrogens with zero attached hydrogens (tertiary/aromatic N) is 1. The van der Waals surface area contributed by atoms with Gasteiger partial charge < -0.3 is 5.32 Å². The summed E-state index contributed by atoms with van der Waals surface area (Å²) in [7, 11) is 0.